The van der Waals surface area contributed by atoms with Crippen LogP contribution in [0.5, 0.6) is 0 Å². The standard InChI is InChI=1S/C15H18/c1-13(15-10-6-3-7-11-15)12-14-8-4-2-5-9-14/h2,4-6,8-10,12,15H,3,7,11H2,1H3. The van der Waals surface area contributed by atoms with Gasteiger partial charge in [-0.05, 0) is 37.7 Å². The highest BCUT2D eigenvalue weighted by Crippen LogP contribution is 2.25. The molecule has 0 nitrogen and oxygen atoms in total. The van der Waals surface area contributed by atoms with Crippen molar-refractivity contribution in [3.05, 3.63) is 53.6 Å². The lowest BCUT2D eigenvalue weighted by Crippen LogP contribution is -2.01. The Kier molecular flexibility index (Phi) is 3.39. The molecule has 1 aromatic rings. The summed E-state index contributed by atoms with van der Waals surface area (Å²) in [5.74, 6) is 0.666. The summed E-state index contributed by atoms with van der Waals surface area (Å²) < 4.78 is 0. The van der Waals surface area contributed by atoms with E-state index in [1.54, 1.807) is 0 Å². The highest BCUT2D eigenvalue weighted by molar-refractivity contribution is 5.53. The maximum Gasteiger partial charge on any atom is -0.00226 e. The van der Waals surface area contributed by atoms with Crippen LogP contribution in [-0.4, -0.2) is 0 Å². The van der Waals surface area contributed by atoms with Gasteiger partial charge in [-0.25, -0.2) is 0 Å². The molecule has 0 fully saturated rings. The summed E-state index contributed by atoms with van der Waals surface area (Å²) in [5, 5.41) is 0. The molecule has 0 heteroatoms. The van der Waals surface area contributed by atoms with Crippen molar-refractivity contribution in [2.45, 2.75) is 26.2 Å². The third-order valence-corrected chi connectivity index (χ3v) is 3.03. The van der Waals surface area contributed by atoms with E-state index in [-0.39, 0.29) is 0 Å². The maximum atomic E-state index is 2.36. The van der Waals surface area contributed by atoms with Gasteiger partial charge in [-0.3, -0.25) is 0 Å². The first-order chi connectivity index (χ1) is 7.36. The van der Waals surface area contributed by atoms with Crippen LogP contribution >= 0.6 is 0 Å². The van der Waals surface area contributed by atoms with Gasteiger partial charge in [-0.1, -0.05) is 54.1 Å². The van der Waals surface area contributed by atoms with E-state index < -0.39 is 0 Å². The van der Waals surface area contributed by atoms with Gasteiger partial charge in [0.1, 0.15) is 0 Å². The molecule has 0 saturated carbocycles. The molecule has 1 atom stereocenters. The van der Waals surface area contributed by atoms with E-state index in [1.165, 1.54) is 30.4 Å². The van der Waals surface area contributed by atoms with Crippen molar-refractivity contribution in [1.29, 1.82) is 0 Å². The zero-order chi connectivity index (χ0) is 10.5. The van der Waals surface area contributed by atoms with Crippen molar-refractivity contribution >= 4 is 6.08 Å². The summed E-state index contributed by atoms with van der Waals surface area (Å²) in [7, 11) is 0. The fourth-order valence-corrected chi connectivity index (χ4v) is 2.11. The molecule has 2 rings (SSSR count). The van der Waals surface area contributed by atoms with Crippen LogP contribution in [0.1, 0.15) is 31.7 Å². The summed E-state index contributed by atoms with van der Waals surface area (Å²) in [5.41, 5.74) is 2.80. The second-order valence-electron chi connectivity index (χ2n) is 4.26. The van der Waals surface area contributed by atoms with Crippen molar-refractivity contribution in [2.75, 3.05) is 0 Å². The molecule has 1 aromatic carbocycles. The second kappa shape index (κ2) is 4.97. The van der Waals surface area contributed by atoms with Crippen molar-refractivity contribution in [2.24, 2.45) is 5.92 Å². The van der Waals surface area contributed by atoms with Crippen molar-refractivity contribution in [3.8, 4) is 0 Å². The molecule has 0 aliphatic heterocycles. The first-order valence-electron chi connectivity index (χ1n) is 5.76. The average molecular weight is 198 g/mol. The molecule has 0 radical (unpaired) electrons. The molecule has 0 N–H and O–H groups in total. The van der Waals surface area contributed by atoms with E-state index in [4.69, 9.17) is 0 Å². The number of allylic oxidation sites excluding steroid dienone is 3. The lowest BCUT2D eigenvalue weighted by Gasteiger charge is -2.17. The van der Waals surface area contributed by atoms with Gasteiger partial charge in [0.05, 0.1) is 0 Å². The first-order valence-corrected chi connectivity index (χ1v) is 5.76. The van der Waals surface area contributed by atoms with Crippen LogP contribution in [0.3, 0.4) is 0 Å². The minimum atomic E-state index is 0.666. The Morgan fingerprint density at radius 3 is 2.73 bits per heavy atom. The Morgan fingerprint density at radius 2 is 2.07 bits per heavy atom. The van der Waals surface area contributed by atoms with E-state index in [0.29, 0.717) is 5.92 Å². The average Bonchev–Trinajstić information content (AvgIpc) is 2.31. The summed E-state index contributed by atoms with van der Waals surface area (Å²) >= 11 is 0. The lowest BCUT2D eigenvalue weighted by atomic mass is 9.89. The van der Waals surface area contributed by atoms with Gasteiger partial charge in [0, 0.05) is 0 Å². The van der Waals surface area contributed by atoms with Gasteiger partial charge in [-0.2, -0.15) is 0 Å². The zero-order valence-corrected chi connectivity index (χ0v) is 9.32. The van der Waals surface area contributed by atoms with Crippen LogP contribution in [0.15, 0.2) is 48.1 Å². The van der Waals surface area contributed by atoms with Crippen LogP contribution in [0.4, 0.5) is 0 Å². The maximum absolute atomic E-state index is 2.36. The summed E-state index contributed by atoms with van der Waals surface area (Å²) in [6, 6.07) is 10.6. The molecular formula is C15H18. The van der Waals surface area contributed by atoms with Gasteiger partial charge in [0.2, 0.25) is 0 Å². The molecule has 15 heavy (non-hydrogen) atoms. The van der Waals surface area contributed by atoms with E-state index >= 15 is 0 Å². The highest BCUT2D eigenvalue weighted by Gasteiger charge is 2.09. The quantitative estimate of drug-likeness (QED) is 0.616. The third kappa shape index (κ3) is 2.82. The van der Waals surface area contributed by atoms with Crippen molar-refractivity contribution in [1.82, 2.24) is 0 Å². The van der Waals surface area contributed by atoms with E-state index in [9.17, 15) is 0 Å². The van der Waals surface area contributed by atoms with E-state index in [2.05, 4.69) is 55.5 Å². The smallest absolute Gasteiger partial charge is 0.00226 e. The Labute approximate surface area is 92.3 Å². The molecule has 0 saturated heterocycles. The van der Waals surface area contributed by atoms with Crippen LogP contribution in [0.25, 0.3) is 6.08 Å². The molecule has 0 bridgehead atoms. The highest BCUT2D eigenvalue weighted by atomic mass is 14.1. The molecule has 1 unspecified atom stereocenters. The fraction of sp³-hybridized carbons (Fsp3) is 0.333. The van der Waals surface area contributed by atoms with Gasteiger partial charge in [-0.15, -0.1) is 0 Å². The Hall–Kier alpha value is -1.30. The largest absolute Gasteiger partial charge is 0.0879 e. The van der Waals surface area contributed by atoms with E-state index in [0.717, 1.165) is 0 Å². The molecule has 0 aromatic heterocycles. The Balaban J connectivity index is 2.13. The van der Waals surface area contributed by atoms with E-state index in [1.807, 2.05) is 0 Å². The van der Waals surface area contributed by atoms with Gasteiger partial charge >= 0.3 is 0 Å². The van der Waals surface area contributed by atoms with Crippen LogP contribution < -0.4 is 0 Å². The predicted octanol–water partition coefficient (Wildman–Crippen LogP) is 4.45. The normalized spacial score (nSPS) is 21.7. The Morgan fingerprint density at radius 1 is 1.27 bits per heavy atom. The van der Waals surface area contributed by atoms with Crippen LogP contribution in [-0.2, 0) is 0 Å². The molecule has 1 aliphatic rings. The van der Waals surface area contributed by atoms with Gasteiger partial charge in [0.15, 0.2) is 0 Å². The minimum absolute atomic E-state index is 0.666. The molecule has 0 spiro atoms. The number of benzene rings is 1. The van der Waals surface area contributed by atoms with Crippen molar-refractivity contribution in [3.63, 3.8) is 0 Å². The van der Waals surface area contributed by atoms with Crippen molar-refractivity contribution < 1.29 is 0 Å². The molecule has 0 amide bonds. The SMILES string of the molecule is CC(=Cc1ccccc1)C1C=CCCC1. The summed E-state index contributed by atoms with van der Waals surface area (Å²) in [4.78, 5) is 0. The number of hydrogen-bond acceptors (Lipinski definition) is 0. The number of rotatable bonds is 2. The third-order valence-electron chi connectivity index (χ3n) is 3.03. The first kappa shape index (κ1) is 10.2. The Bertz CT molecular complexity index is 357. The monoisotopic (exact) mass is 198 g/mol. The summed E-state index contributed by atoms with van der Waals surface area (Å²) in [6.07, 6.45) is 10.9. The minimum Gasteiger partial charge on any atom is -0.0879 e. The lowest BCUT2D eigenvalue weighted by molar-refractivity contribution is 0.608. The second-order valence-corrected chi connectivity index (χ2v) is 4.26. The topological polar surface area (TPSA) is 0 Å². The molecule has 1 aliphatic carbocycles. The predicted molar refractivity (Wildman–Crippen MR) is 66.6 cm³/mol. The molecule has 78 valence electrons. The molecular weight excluding hydrogens is 180 g/mol. The number of hydrogen-bond donors (Lipinski definition) is 0. The zero-order valence-electron chi connectivity index (χ0n) is 9.32. The van der Waals surface area contributed by atoms with Crippen LogP contribution in [0, 0.1) is 5.92 Å². The summed E-state index contributed by atoms with van der Waals surface area (Å²) in [6.45, 7) is 2.24. The van der Waals surface area contributed by atoms with Crippen LogP contribution in [0.2, 0.25) is 0 Å². The van der Waals surface area contributed by atoms with Gasteiger partial charge in [0.25, 0.3) is 0 Å². The van der Waals surface area contributed by atoms with Gasteiger partial charge < -0.3 is 0 Å². The fourth-order valence-electron chi connectivity index (χ4n) is 2.11. The molecule has 0 heterocycles.